The summed E-state index contributed by atoms with van der Waals surface area (Å²) >= 11 is 0. The predicted octanol–water partition coefficient (Wildman–Crippen LogP) is 2.61. The van der Waals surface area contributed by atoms with Gasteiger partial charge in [-0.3, -0.25) is 4.79 Å². The van der Waals surface area contributed by atoms with Gasteiger partial charge in [0, 0.05) is 24.8 Å². The van der Waals surface area contributed by atoms with E-state index in [1.54, 1.807) is 0 Å². The zero-order valence-electron chi connectivity index (χ0n) is 10.2. The average molecular weight is 233 g/mol. The quantitative estimate of drug-likeness (QED) is 0.871. The largest absolute Gasteiger partial charge is 0.381 e. The number of rotatable bonds is 3. The molecule has 0 aliphatic carbocycles. The van der Waals surface area contributed by atoms with Crippen LogP contribution in [0.25, 0.3) is 0 Å². The van der Waals surface area contributed by atoms with Crippen molar-refractivity contribution in [1.82, 2.24) is 0 Å². The Balaban J connectivity index is 1.92. The van der Waals surface area contributed by atoms with E-state index in [4.69, 9.17) is 4.74 Å². The van der Waals surface area contributed by atoms with Crippen molar-refractivity contribution in [3.63, 3.8) is 0 Å². The van der Waals surface area contributed by atoms with Crippen molar-refractivity contribution in [2.24, 2.45) is 5.92 Å². The summed E-state index contributed by atoms with van der Waals surface area (Å²) in [5.41, 5.74) is 2.17. The highest BCUT2D eigenvalue weighted by molar-refractivity contribution is 5.92. The monoisotopic (exact) mass is 233 g/mol. The molecule has 1 aliphatic rings. The Morgan fingerprint density at radius 2 is 1.94 bits per heavy atom. The molecule has 0 bridgehead atoms. The topological polar surface area (TPSA) is 38.3 Å². The number of nitrogens with one attached hydrogen (secondary N) is 1. The van der Waals surface area contributed by atoms with Crippen molar-refractivity contribution in [2.45, 2.75) is 26.2 Å². The van der Waals surface area contributed by atoms with Crippen LogP contribution in [0.1, 0.15) is 25.3 Å². The molecule has 1 saturated heterocycles. The van der Waals surface area contributed by atoms with Gasteiger partial charge < -0.3 is 10.1 Å². The third-order valence-electron chi connectivity index (χ3n) is 3.22. The predicted molar refractivity (Wildman–Crippen MR) is 68.0 cm³/mol. The number of anilines is 1. The Bertz CT molecular complexity index is 366. The van der Waals surface area contributed by atoms with Crippen LogP contribution >= 0.6 is 0 Å². The van der Waals surface area contributed by atoms with Gasteiger partial charge in [0.15, 0.2) is 0 Å². The highest BCUT2D eigenvalue weighted by Crippen LogP contribution is 2.18. The molecular weight excluding hydrogens is 214 g/mol. The third kappa shape index (κ3) is 3.30. The molecule has 1 aromatic carbocycles. The van der Waals surface area contributed by atoms with Crippen LogP contribution in [0.2, 0.25) is 0 Å². The average Bonchev–Trinajstić information content (AvgIpc) is 2.40. The first-order chi connectivity index (χ1) is 8.29. The lowest BCUT2D eigenvalue weighted by Crippen LogP contribution is -2.28. The fourth-order valence-electron chi connectivity index (χ4n) is 2.03. The molecule has 3 nitrogen and oxygen atoms in total. The van der Waals surface area contributed by atoms with Crippen molar-refractivity contribution in [1.29, 1.82) is 0 Å². The lowest BCUT2D eigenvalue weighted by atomic mass is 9.99. The minimum atomic E-state index is 0.106. The molecule has 1 N–H and O–H groups in total. The van der Waals surface area contributed by atoms with Gasteiger partial charge in [0.2, 0.25) is 5.91 Å². The van der Waals surface area contributed by atoms with Crippen molar-refractivity contribution in [3.8, 4) is 0 Å². The van der Waals surface area contributed by atoms with Gasteiger partial charge in [-0.1, -0.05) is 19.1 Å². The fraction of sp³-hybridized carbons (Fsp3) is 0.500. The number of carbonyl (C=O) groups excluding carboxylic acids is 1. The van der Waals surface area contributed by atoms with Gasteiger partial charge >= 0.3 is 0 Å². The van der Waals surface area contributed by atoms with Gasteiger partial charge in [-0.25, -0.2) is 0 Å². The molecule has 1 heterocycles. The normalized spacial score (nSPS) is 16.8. The maximum atomic E-state index is 12.0. The number of amides is 1. The second-order valence-electron chi connectivity index (χ2n) is 4.43. The van der Waals surface area contributed by atoms with Crippen LogP contribution in [0.15, 0.2) is 24.3 Å². The van der Waals surface area contributed by atoms with Gasteiger partial charge in [-0.2, -0.15) is 0 Å². The van der Waals surface area contributed by atoms with Crippen LogP contribution < -0.4 is 5.32 Å². The first-order valence-corrected chi connectivity index (χ1v) is 6.27. The van der Waals surface area contributed by atoms with E-state index in [9.17, 15) is 4.79 Å². The van der Waals surface area contributed by atoms with E-state index < -0.39 is 0 Å². The summed E-state index contributed by atoms with van der Waals surface area (Å²) in [4.78, 5) is 12.0. The number of hydrogen-bond acceptors (Lipinski definition) is 2. The number of benzene rings is 1. The highest BCUT2D eigenvalue weighted by Gasteiger charge is 2.21. The zero-order valence-corrected chi connectivity index (χ0v) is 10.2. The van der Waals surface area contributed by atoms with Gasteiger partial charge in [-0.05, 0) is 37.0 Å². The van der Waals surface area contributed by atoms with E-state index in [2.05, 4.69) is 24.4 Å². The highest BCUT2D eigenvalue weighted by atomic mass is 16.5. The van der Waals surface area contributed by atoms with E-state index in [1.807, 2.05) is 12.1 Å². The summed E-state index contributed by atoms with van der Waals surface area (Å²) in [7, 11) is 0. The maximum Gasteiger partial charge on any atom is 0.227 e. The van der Waals surface area contributed by atoms with Gasteiger partial charge in [-0.15, -0.1) is 0 Å². The maximum absolute atomic E-state index is 12.0. The summed E-state index contributed by atoms with van der Waals surface area (Å²) in [6.07, 6.45) is 2.69. The lowest BCUT2D eigenvalue weighted by molar-refractivity contribution is -0.122. The Labute approximate surface area is 102 Å². The van der Waals surface area contributed by atoms with Crippen molar-refractivity contribution in [2.75, 3.05) is 18.5 Å². The minimum absolute atomic E-state index is 0.106. The minimum Gasteiger partial charge on any atom is -0.381 e. The van der Waals surface area contributed by atoms with Crippen LogP contribution in [0.3, 0.4) is 0 Å². The molecule has 1 fully saturated rings. The molecular formula is C14H19NO2. The summed E-state index contributed by atoms with van der Waals surface area (Å²) in [6, 6.07) is 8.05. The first-order valence-electron chi connectivity index (χ1n) is 6.27. The van der Waals surface area contributed by atoms with Gasteiger partial charge in [0.05, 0.1) is 0 Å². The van der Waals surface area contributed by atoms with Crippen molar-refractivity contribution < 1.29 is 9.53 Å². The molecule has 1 aromatic rings. The fourth-order valence-corrected chi connectivity index (χ4v) is 2.03. The second kappa shape index (κ2) is 5.82. The summed E-state index contributed by atoms with van der Waals surface area (Å²) in [6.45, 7) is 3.52. The van der Waals surface area contributed by atoms with E-state index in [-0.39, 0.29) is 11.8 Å². The molecule has 0 atom stereocenters. The molecule has 17 heavy (non-hydrogen) atoms. The molecule has 92 valence electrons. The smallest absolute Gasteiger partial charge is 0.227 e. The molecule has 0 radical (unpaired) electrons. The Morgan fingerprint density at radius 3 is 2.53 bits per heavy atom. The lowest BCUT2D eigenvalue weighted by Gasteiger charge is -2.21. The van der Waals surface area contributed by atoms with E-state index in [0.29, 0.717) is 13.2 Å². The Hall–Kier alpha value is -1.35. The van der Waals surface area contributed by atoms with Crippen LogP contribution in [-0.2, 0) is 16.0 Å². The van der Waals surface area contributed by atoms with E-state index >= 15 is 0 Å². The molecule has 1 aliphatic heterocycles. The van der Waals surface area contributed by atoms with E-state index in [1.165, 1.54) is 5.56 Å². The van der Waals surface area contributed by atoms with Gasteiger partial charge in [0.1, 0.15) is 0 Å². The molecule has 0 spiro atoms. The number of ether oxygens (including phenoxy) is 1. The standard InChI is InChI=1S/C14H19NO2/c1-2-11-3-5-13(6-4-11)15-14(16)12-7-9-17-10-8-12/h3-6,12H,2,7-10H2,1H3,(H,15,16). The summed E-state index contributed by atoms with van der Waals surface area (Å²) in [5.74, 6) is 0.229. The number of carbonyl (C=O) groups is 1. The molecule has 0 saturated carbocycles. The van der Waals surface area contributed by atoms with Crippen LogP contribution in [0.5, 0.6) is 0 Å². The van der Waals surface area contributed by atoms with Gasteiger partial charge in [0.25, 0.3) is 0 Å². The first kappa shape index (κ1) is 12.1. The zero-order chi connectivity index (χ0) is 12.1. The number of hydrogen-bond donors (Lipinski definition) is 1. The van der Waals surface area contributed by atoms with Crippen LogP contribution in [-0.4, -0.2) is 19.1 Å². The third-order valence-corrected chi connectivity index (χ3v) is 3.22. The molecule has 3 heteroatoms. The van der Waals surface area contributed by atoms with Crippen molar-refractivity contribution >= 4 is 11.6 Å². The van der Waals surface area contributed by atoms with Crippen molar-refractivity contribution in [3.05, 3.63) is 29.8 Å². The second-order valence-corrected chi connectivity index (χ2v) is 4.43. The molecule has 1 amide bonds. The molecule has 0 unspecified atom stereocenters. The molecule has 2 rings (SSSR count). The van der Waals surface area contributed by atoms with Crippen LogP contribution in [0.4, 0.5) is 5.69 Å². The molecule has 0 aromatic heterocycles. The summed E-state index contributed by atoms with van der Waals surface area (Å²) < 4.78 is 5.25. The van der Waals surface area contributed by atoms with E-state index in [0.717, 1.165) is 24.9 Å². The Kier molecular flexibility index (Phi) is 4.15. The summed E-state index contributed by atoms with van der Waals surface area (Å²) in [5, 5.41) is 2.97. The van der Waals surface area contributed by atoms with Crippen LogP contribution in [0, 0.1) is 5.92 Å². The number of aryl methyl sites for hydroxylation is 1. The SMILES string of the molecule is CCc1ccc(NC(=O)C2CCOCC2)cc1. The Morgan fingerprint density at radius 1 is 1.29 bits per heavy atom.